The molecule has 1 aromatic heterocycles. The molecule has 2 rings (SSSR count). The molecular weight excluding hydrogens is 252 g/mol. The minimum absolute atomic E-state index is 0.0315. The second-order valence-corrected chi connectivity index (χ2v) is 6.87. The van der Waals surface area contributed by atoms with Crippen molar-refractivity contribution in [3.8, 4) is 0 Å². The van der Waals surface area contributed by atoms with Crippen molar-refractivity contribution in [2.24, 2.45) is 12.8 Å². The molecule has 5 heteroatoms. The number of aromatic nitrogens is 2. The quantitative estimate of drug-likeness (QED) is 0.865. The molecule has 1 saturated carbocycles. The van der Waals surface area contributed by atoms with E-state index in [4.69, 9.17) is 5.73 Å². The van der Waals surface area contributed by atoms with E-state index in [-0.39, 0.29) is 17.4 Å². The fraction of sp³-hybridized carbons (Fsp3) is 0.733. The zero-order valence-corrected chi connectivity index (χ0v) is 12.9. The van der Waals surface area contributed by atoms with Crippen molar-refractivity contribution in [2.45, 2.75) is 64.0 Å². The van der Waals surface area contributed by atoms with Gasteiger partial charge in [-0.3, -0.25) is 9.48 Å². The number of aryl methyl sites for hydroxylation is 1. The Morgan fingerprint density at radius 3 is 2.45 bits per heavy atom. The lowest BCUT2D eigenvalue weighted by Gasteiger charge is -2.26. The van der Waals surface area contributed by atoms with E-state index in [2.05, 4.69) is 31.2 Å². The summed E-state index contributed by atoms with van der Waals surface area (Å²) in [7, 11) is 1.82. The van der Waals surface area contributed by atoms with Gasteiger partial charge in [0.2, 0.25) is 0 Å². The zero-order valence-electron chi connectivity index (χ0n) is 12.9. The Balaban J connectivity index is 2.04. The highest BCUT2D eigenvalue weighted by Gasteiger charge is 2.24. The summed E-state index contributed by atoms with van der Waals surface area (Å²) in [4.78, 5) is 12.4. The fourth-order valence-electron chi connectivity index (χ4n) is 2.57. The SMILES string of the molecule is Cn1nc(C(C)(C)C)cc1C(=O)N[C@H]1CC[C@H](N)CC1. The normalized spacial score (nSPS) is 23.6. The van der Waals surface area contributed by atoms with E-state index in [9.17, 15) is 4.79 Å². The molecule has 0 radical (unpaired) electrons. The Bertz CT molecular complexity index is 479. The molecule has 1 aromatic rings. The van der Waals surface area contributed by atoms with Gasteiger partial charge in [-0.15, -0.1) is 0 Å². The Kier molecular flexibility index (Phi) is 4.18. The van der Waals surface area contributed by atoms with E-state index < -0.39 is 0 Å². The monoisotopic (exact) mass is 278 g/mol. The van der Waals surface area contributed by atoms with Crippen LogP contribution in [0, 0.1) is 0 Å². The standard InChI is InChI=1S/C15H26N4O/c1-15(2,3)13-9-12(19(4)18-13)14(20)17-11-7-5-10(16)6-8-11/h9-11H,5-8,16H2,1-4H3,(H,17,20)/t10-,11-. The summed E-state index contributed by atoms with van der Waals surface area (Å²) >= 11 is 0. The van der Waals surface area contributed by atoms with Gasteiger partial charge in [0.25, 0.3) is 5.91 Å². The molecule has 1 amide bonds. The number of carbonyl (C=O) groups excluding carboxylic acids is 1. The van der Waals surface area contributed by atoms with E-state index >= 15 is 0 Å². The summed E-state index contributed by atoms with van der Waals surface area (Å²) in [5.74, 6) is -0.0315. The Morgan fingerprint density at radius 2 is 1.95 bits per heavy atom. The van der Waals surface area contributed by atoms with Crippen LogP contribution in [-0.2, 0) is 12.5 Å². The number of hydrogen-bond acceptors (Lipinski definition) is 3. The Labute approximate surface area is 120 Å². The van der Waals surface area contributed by atoms with Crippen LogP contribution in [0.1, 0.15) is 62.6 Å². The maximum absolute atomic E-state index is 12.4. The minimum atomic E-state index is -0.0477. The molecule has 0 atom stereocenters. The van der Waals surface area contributed by atoms with E-state index in [0.717, 1.165) is 31.4 Å². The van der Waals surface area contributed by atoms with Crippen LogP contribution in [0.3, 0.4) is 0 Å². The summed E-state index contributed by atoms with van der Waals surface area (Å²) in [6, 6.07) is 2.44. The third kappa shape index (κ3) is 3.39. The molecule has 3 N–H and O–H groups in total. The number of hydrogen-bond donors (Lipinski definition) is 2. The topological polar surface area (TPSA) is 72.9 Å². The molecule has 1 heterocycles. The molecule has 0 saturated heterocycles. The molecule has 0 unspecified atom stereocenters. The second-order valence-electron chi connectivity index (χ2n) is 6.87. The van der Waals surface area contributed by atoms with Crippen LogP contribution in [0.25, 0.3) is 0 Å². The van der Waals surface area contributed by atoms with Crippen molar-refractivity contribution < 1.29 is 4.79 Å². The van der Waals surface area contributed by atoms with Crippen LogP contribution >= 0.6 is 0 Å². The van der Waals surface area contributed by atoms with E-state index in [1.165, 1.54) is 0 Å². The summed E-state index contributed by atoms with van der Waals surface area (Å²) in [5.41, 5.74) is 7.41. The van der Waals surface area contributed by atoms with Crippen LogP contribution in [0.2, 0.25) is 0 Å². The lowest BCUT2D eigenvalue weighted by Crippen LogP contribution is -2.41. The summed E-state index contributed by atoms with van der Waals surface area (Å²) in [5, 5.41) is 7.55. The highest BCUT2D eigenvalue weighted by atomic mass is 16.2. The fourth-order valence-corrected chi connectivity index (χ4v) is 2.57. The number of rotatable bonds is 2. The van der Waals surface area contributed by atoms with Gasteiger partial charge in [0.05, 0.1) is 5.69 Å². The number of nitrogens with two attached hydrogens (primary N) is 1. The highest BCUT2D eigenvalue weighted by Crippen LogP contribution is 2.22. The average Bonchev–Trinajstić information content (AvgIpc) is 2.74. The van der Waals surface area contributed by atoms with E-state index in [1.54, 1.807) is 4.68 Å². The third-order valence-corrected chi connectivity index (χ3v) is 3.99. The molecule has 112 valence electrons. The van der Waals surface area contributed by atoms with Gasteiger partial charge in [-0.1, -0.05) is 20.8 Å². The van der Waals surface area contributed by atoms with Gasteiger partial charge < -0.3 is 11.1 Å². The third-order valence-electron chi connectivity index (χ3n) is 3.99. The number of amides is 1. The molecule has 0 spiro atoms. The number of carbonyl (C=O) groups is 1. The Hall–Kier alpha value is -1.36. The Morgan fingerprint density at radius 1 is 1.35 bits per heavy atom. The predicted molar refractivity (Wildman–Crippen MR) is 79.6 cm³/mol. The first-order chi connectivity index (χ1) is 9.27. The van der Waals surface area contributed by atoms with Crippen LogP contribution in [0.15, 0.2) is 6.07 Å². The van der Waals surface area contributed by atoms with E-state index in [1.807, 2.05) is 13.1 Å². The lowest BCUT2D eigenvalue weighted by atomic mass is 9.91. The predicted octanol–water partition coefficient (Wildman–Crippen LogP) is 1.72. The van der Waals surface area contributed by atoms with Crippen molar-refractivity contribution in [2.75, 3.05) is 0 Å². The van der Waals surface area contributed by atoms with Crippen LogP contribution in [0.5, 0.6) is 0 Å². The first-order valence-corrected chi connectivity index (χ1v) is 7.38. The zero-order chi connectivity index (χ0) is 14.9. The van der Waals surface area contributed by atoms with Gasteiger partial charge in [0, 0.05) is 24.5 Å². The summed E-state index contributed by atoms with van der Waals surface area (Å²) < 4.78 is 1.67. The van der Waals surface area contributed by atoms with Gasteiger partial charge in [-0.2, -0.15) is 5.10 Å². The molecule has 0 aromatic carbocycles. The van der Waals surface area contributed by atoms with Gasteiger partial charge in [-0.25, -0.2) is 0 Å². The van der Waals surface area contributed by atoms with Gasteiger partial charge >= 0.3 is 0 Å². The maximum Gasteiger partial charge on any atom is 0.269 e. The minimum Gasteiger partial charge on any atom is -0.348 e. The van der Waals surface area contributed by atoms with Crippen molar-refractivity contribution in [3.05, 3.63) is 17.5 Å². The largest absolute Gasteiger partial charge is 0.348 e. The molecule has 0 bridgehead atoms. The molecule has 5 nitrogen and oxygen atoms in total. The molecule has 20 heavy (non-hydrogen) atoms. The maximum atomic E-state index is 12.4. The first-order valence-electron chi connectivity index (χ1n) is 7.38. The van der Waals surface area contributed by atoms with Gasteiger partial charge in [0.15, 0.2) is 0 Å². The van der Waals surface area contributed by atoms with Crippen LogP contribution < -0.4 is 11.1 Å². The summed E-state index contributed by atoms with van der Waals surface area (Å²) in [6.45, 7) is 6.29. The number of nitrogens with zero attached hydrogens (tertiary/aromatic N) is 2. The molecule has 1 aliphatic carbocycles. The second kappa shape index (κ2) is 5.56. The van der Waals surface area contributed by atoms with Crippen molar-refractivity contribution in [1.82, 2.24) is 15.1 Å². The average molecular weight is 278 g/mol. The lowest BCUT2D eigenvalue weighted by molar-refractivity contribution is 0.0916. The molecule has 1 aliphatic rings. The van der Waals surface area contributed by atoms with E-state index in [0.29, 0.717) is 11.7 Å². The van der Waals surface area contributed by atoms with Gasteiger partial charge in [0.1, 0.15) is 5.69 Å². The first kappa shape index (κ1) is 15.0. The molecule has 0 aliphatic heterocycles. The molecule has 1 fully saturated rings. The molecular formula is C15H26N4O. The van der Waals surface area contributed by atoms with Crippen molar-refractivity contribution in [1.29, 1.82) is 0 Å². The summed E-state index contributed by atoms with van der Waals surface area (Å²) in [6.07, 6.45) is 3.92. The number of nitrogens with one attached hydrogen (secondary N) is 1. The van der Waals surface area contributed by atoms with Crippen molar-refractivity contribution in [3.63, 3.8) is 0 Å². The highest BCUT2D eigenvalue weighted by molar-refractivity contribution is 5.92. The van der Waals surface area contributed by atoms with Crippen molar-refractivity contribution >= 4 is 5.91 Å². The van der Waals surface area contributed by atoms with Crippen LogP contribution in [0.4, 0.5) is 0 Å². The van der Waals surface area contributed by atoms with Crippen LogP contribution in [-0.4, -0.2) is 27.8 Å². The van der Waals surface area contributed by atoms with Gasteiger partial charge in [-0.05, 0) is 31.7 Å². The smallest absolute Gasteiger partial charge is 0.269 e.